The quantitative estimate of drug-likeness (QED) is 0.612. The average Bonchev–Trinajstić information content (AvgIpc) is 2.81. The van der Waals surface area contributed by atoms with Crippen LogP contribution in [0.15, 0.2) is 41.7 Å². The average molecular weight is 272 g/mol. The molecule has 0 N–H and O–H groups in total. The van der Waals surface area contributed by atoms with Crippen molar-refractivity contribution in [2.24, 2.45) is 5.92 Å². The molecule has 0 spiro atoms. The lowest BCUT2D eigenvalue weighted by molar-refractivity contribution is -0.149. The highest BCUT2D eigenvalue weighted by Gasteiger charge is 2.49. The molecule has 4 heteroatoms. The molecule has 0 fully saturated rings. The van der Waals surface area contributed by atoms with E-state index >= 15 is 0 Å². The minimum Gasteiger partial charge on any atom is -0.490 e. The number of hydrogen-bond acceptors (Lipinski definition) is 4. The maximum absolute atomic E-state index is 12.4. The molecule has 0 radical (unpaired) electrons. The summed E-state index contributed by atoms with van der Waals surface area (Å²) in [5, 5.41) is 0. The van der Waals surface area contributed by atoms with E-state index in [9.17, 15) is 9.59 Å². The van der Waals surface area contributed by atoms with Crippen LogP contribution in [0.3, 0.4) is 0 Å². The van der Waals surface area contributed by atoms with Gasteiger partial charge in [0.15, 0.2) is 5.76 Å². The fraction of sp³-hybridized carbons (Fsp3) is 0.375. The summed E-state index contributed by atoms with van der Waals surface area (Å²) in [4.78, 5) is 24.5. The Kier molecular flexibility index (Phi) is 3.30. The van der Waals surface area contributed by atoms with Gasteiger partial charge in [0, 0.05) is 5.92 Å². The first-order chi connectivity index (χ1) is 9.74. The molecule has 104 valence electrons. The third-order valence-electron chi connectivity index (χ3n) is 3.96. The maximum atomic E-state index is 12.4. The van der Waals surface area contributed by atoms with Gasteiger partial charge in [0.2, 0.25) is 5.78 Å². The van der Waals surface area contributed by atoms with Crippen LogP contribution in [0.2, 0.25) is 0 Å². The SMILES string of the molecule is COC(=O)[C@H]1C(=O)C2=C(CCCO2)[C@@H]1c1ccccc1. The van der Waals surface area contributed by atoms with Gasteiger partial charge in [0.05, 0.1) is 13.7 Å². The summed E-state index contributed by atoms with van der Waals surface area (Å²) < 4.78 is 10.3. The summed E-state index contributed by atoms with van der Waals surface area (Å²) in [7, 11) is 1.32. The van der Waals surface area contributed by atoms with Gasteiger partial charge < -0.3 is 9.47 Å². The third kappa shape index (κ3) is 1.92. The van der Waals surface area contributed by atoms with Crippen molar-refractivity contribution in [3.63, 3.8) is 0 Å². The van der Waals surface area contributed by atoms with E-state index in [0.717, 1.165) is 24.0 Å². The van der Waals surface area contributed by atoms with Crippen molar-refractivity contribution in [1.29, 1.82) is 0 Å². The van der Waals surface area contributed by atoms with E-state index in [4.69, 9.17) is 9.47 Å². The Labute approximate surface area is 117 Å². The zero-order valence-electron chi connectivity index (χ0n) is 11.3. The van der Waals surface area contributed by atoms with Crippen LogP contribution in [0.5, 0.6) is 0 Å². The number of carbonyl (C=O) groups excluding carboxylic acids is 2. The molecule has 2 atom stereocenters. The topological polar surface area (TPSA) is 52.6 Å². The van der Waals surface area contributed by atoms with E-state index in [1.165, 1.54) is 7.11 Å². The predicted molar refractivity (Wildman–Crippen MR) is 71.9 cm³/mol. The molecule has 0 unspecified atom stereocenters. The fourth-order valence-electron chi connectivity index (χ4n) is 3.09. The van der Waals surface area contributed by atoms with Crippen LogP contribution < -0.4 is 0 Å². The number of allylic oxidation sites excluding steroid dienone is 2. The standard InChI is InChI=1S/C16H16O4/c1-19-16(18)13-12(10-6-3-2-4-7-10)11-8-5-9-20-15(11)14(13)17/h2-4,6-7,12-13H,5,8-9H2,1H3/t12-,13+/m0/s1. The highest BCUT2D eigenvalue weighted by molar-refractivity contribution is 6.11. The smallest absolute Gasteiger partial charge is 0.317 e. The zero-order valence-corrected chi connectivity index (χ0v) is 11.3. The van der Waals surface area contributed by atoms with Crippen molar-refractivity contribution in [2.75, 3.05) is 13.7 Å². The molecule has 4 nitrogen and oxygen atoms in total. The van der Waals surface area contributed by atoms with Crippen molar-refractivity contribution >= 4 is 11.8 Å². The second-order valence-corrected chi connectivity index (χ2v) is 5.06. The summed E-state index contributed by atoms with van der Waals surface area (Å²) in [6.45, 7) is 0.542. The van der Waals surface area contributed by atoms with Gasteiger partial charge in [-0.3, -0.25) is 9.59 Å². The van der Waals surface area contributed by atoms with Crippen LogP contribution in [0, 0.1) is 5.92 Å². The number of benzene rings is 1. The Morgan fingerprint density at radius 2 is 2.05 bits per heavy atom. The summed E-state index contributed by atoms with van der Waals surface area (Å²) in [5.41, 5.74) is 1.91. The van der Waals surface area contributed by atoms with Gasteiger partial charge in [0.25, 0.3) is 0 Å². The lowest BCUT2D eigenvalue weighted by Crippen LogP contribution is -2.27. The van der Waals surface area contributed by atoms with E-state index in [1.54, 1.807) is 0 Å². The van der Waals surface area contributed by atoms with E-state index in [1.807, 2.05) is 30.3 Å². The molecule has 1 aliphatic heterocycles. The first-order valence-electron chi connectivity index (χ1n) is 6.77. The van der Waals surface area contributed by atoms with Gasteiger partial charge in [-0.1, -0.05) is 30.3 Å². The van der Waals surface area contributed by atoms with Gasteiger partial charge in [0.1, 0.15) is 5.92 Å². The van der Waals surface area contributed by atoms with Crippen LogP contribution in [0.1, 0.15) is 24.3 Å². The van der Waals surface area contributed by atoms with Gasteiger partial charge in [-0.15, -0.1) is 0 Å². The molecule has 1 aliphatic carbocycles. The van der Waals surface area contributed by atoms with Crippen molar-refractivity contribution in [3.05, 3.63) is 47.2 Å². The monoisotopic (exact) mass is 272 g/mol. The lowest BCUT2D eigenvalue weighted by atomic mass is 9.83. The highest BCUT2D eigenvalue weighted by Crippen LogP contribution is 2.46. The van der Waals surface area contributed by atoms with Crippen LogP contribution in [0.4, 0.5) is 0 Å². The van der Waals surface area contributed by atoms with Gasteiger partial charge >= 0.3 is 5.97 Å². The van der Waals surface area contributed by atoms with Crippen molar-refractivity contribution < 1.29 is 19.1 Å². The van der Waals surface area contributed by atoms with Crippen molar-refractivity contribution in [1.82, 2.24) is 0 Å². The van der Waals surface area contributed by atoms with Gasteiger partial charge in [-0.2, -0.15) is 0 Å². The number of methoxy groups -OCH3 is 1. The second-order valence-electron chi connectivity index (χ2n) is 5.06. The molecular weight excluding hydrogens is 256 g/mol. The van der Waals surface area contributed by atoms with Gasteiger partial charge in [-0.05, 0) is 24.0 Å². The Morgan fingerprint density at radius 1 is 1.30 bits per heavy atom. The number of carbonyl (C=O) groups is 2. The number of esters is 1. The largest absolute Gasteiger partial charge is 0.490 e. The third-order valence-corrected chi connectivity index (χ3v) is 3.96. The van der Waals surface area contributed by atoms with Crippen molar-refractivity contribution in [3.8, 4) is 0 Å². The van der Waals surface area contributed by atoms with Gasteiger partial charge in [-0.25, -0.2) is 0 Å². The number of ketones is 1. The van der Waals surface area contributed by atoms with Crippen LogP contribution in [-0.4, -0.2) is 25.5 Å². The Hall–Kier alpha value is -2.10. The fourth-order valence-corrected chi connectivity index (χ4v) is 3.09. The molecule has 0 saturated carbocycles. The van der Waals surface area contributed by atoms with Crippen molar-refractivity contribution in [2.45, 2.75) is 18.8 Å². The Balaban J connectivity index is 2.08. The first kappa shape index (κ1) is 12.9. The summed E-state index contributed by atoms with van der Waals surface area (Å²) in [6.07, 6.45) is 1.68. The molecule has 1 heterocycles. The van der Waals surface area contributed by atoms with E-state index in [0.29, 0.717) is 12.4 Å². The minimum atomic E-state index is -0.800. The molecule has 20 heavy (non-hydrogen) atoms. The molecular formula is C16H16O4. The van der Waals surface area contributed by atoms with E-state index in [-0.39, 0.29) is 11.7 Å². The Bertz CT molecular complexity index is 573. The summed E-state index contributed by atoms with van der Waals surface area (Å²) in [5.74, 6) is -1.38. The lowest BCUT2D eigenvalue weighted by Gasteiger charge is -2.21. The predicted octanol–water partition coefficient (Wildman–Crippen LogP) is 2.21. The first-order valence-corrected chi connectivity index (χ1v) is 6.77. The molecule has 0 aromatic heterocycles. The molecule has 1 aromatic carbocycles. The van der Waals surface area contributed by atoms with Crippen LogP contribution >= 0.6 is 0 Å². The maximum Gasteiger partial charge on any atom is 0.317 e. The minimum absolute atomic E-state index is 0.236. The van der Waals surface area contributed by atoms with Crippen LogP contribution in [0.25, 0.3) is 0 Å². The zero-order chi connectivity index (χ0) is 14.1. The molecule has 2 aliphatic rings. The summed E-state index contributed by atoms with van der Waals surface area (Å²) >= 11 is 0. The molecule has 3 rings (SSSR count). The summed E-state index contributed by atoms with van der Waals surface area (Å²) in [6, 6.07) is 9.63. The molecule has 0 bridgehead atoms. The molecule has 0 saturated heterocycles. The van der Waals surface area contributed by atoms with Crippen LogP contribution in [-0.2, 0) is 19.1 Å². The number of rotatable bonds is 2. The van der Waals surface area contributed by atoms with E-state index < -0.39 is 11.9 Å². The second kappa shape index (κ2) is 5.12. The Morgan fingerprint density at radius 3 is 2.75 bits per heavy atom. The number of hydrogen-bond donors (Lipinski definition) is 0. The van der Waals surface area contributed by atoms with E-state index in [2.05, 4.69) is 0 Å². The highest BCUT2D eigenvalue weighted by atomic mass is 16.5. The normalized spacial score (nSPS) is 25.1. The molecule has 0 amide bonds. The number of Topliss-reactive ketones (excluding diaryl/α,β-unsaturated/α-hetero) is 1. The molecule has 1 aromatic rings. The number of ether oxygens (including phenoxy) is 2.